The van der Waals surface area contributed by atoms with E-state index in [4.69, 9.17) is 4.42 Å². The number of nitrogens with one attached hydrogen (secondary N) is 2. The first kappa shape index (κ1) is 12.4. The van der Waals surface area contributed by atoms with E-state index in [0.717, 1.165) is 5.56 Å². The number of hydrogen-bond donors (Lipinski definition) is 2. The second kappa shape index (κ2) is 5.08. The zero-order valence-electron chi connectivity index (χ0n) is 10.4. The number of aromatic nitrogens is 1. The molecule has 5 nitrogen and oxygen atoms in total. The van der Waals surface area contributed by atoms with Crippen molar-refractivity contribution in [3.8, 4) is 0 Å². The Labute approximate surface area is 104 Å². The molecule has 1 aromatic heterocycles. The summed E-state index contributed by atoms with van der Waals surface area (Å²) in [6.45, 7) is 4.29. The van der Waals surface area contributed by atoms with E-state index in [-0.39, 0.29) is 11.8 Å². The van der Waals surface area contributed by atoms with Gasteiger partial charge in [-0.15, -0.1) is 0 Å². The summed E-state index contributed by atoms with van der Waals surface area (Å²) >= 11 is 0. The number of amides is 1. The summed E-state index contributed by atoms with van der Waals surface area (Å²) in [4.78, 5) is 25.0. The maximum absolute atomic E-state index is 11.4. The van der Waals surface area contributed by atoms with Gasteiger partial charge in [-0.05, 0) is 24.1 Å². The average molecular weight is 248 g/mol. The smallest absolute Gasteiger partial charge is 0.408 e. The van der Waals surface area contributed by atoms with Crippen molar-refractivity contribution in [1.82, 2.24) is 10.3 Å². The van der Waals surface area contributed by atoms with Gasteiger partial charge in [-0.25, -0.2) is 4.79 Å². The number of carbonyl (C=O) groups excluding carboxylic acids is 1. The third kappa shape index (κ3) is 2.80. The van der Waals surface area contributed by atoms with Gasteiger partial charge in [0.2, 0.25) is 5.91 Å². The minimum absolute atomic E-state index is 0.00447. The number of fused-ring (bicyclic) bond motifs is 1. The summed E-state index contributed by atoms with van der Waals surface area (Å²) < 4.78 is 4.98. The van der Waals surface area contributed by atoms with Gasteiger partial charge in [-0.2, -0.15) is 0 Å². The monoisotopic (exact) mass is 248 g/mol. The van der Waals surface area contributed by atoms with Crippen LogP contribution in [0.25, 0.3) is 11.1 Å². The van der Waals surface area contributed by atoms with Gasteiger partial charge in [0.25, 0.3) is 0 Å². The van der Waals surface area contributed by atoms with Gasteiger partial charge in [0.05, 0.1) is 5.52 Å². The molecule has 2 N–H and O–H groups in total. The maximum Gasteiger partial charge on any atom is 0.417 e. The predicted octanol–water partition coefficient (Wildman–Crippen LogP) is 1.44. The number of rotatable bonds is 4. The van der Waals surface area contributed by atoms with Crippen molar-refractivity contribution in [2.24, 2.45) is 5.92 Å². The summed E-state index contributed by atoms with van der Waals surface area (Å²) in [5.41, 5.74) is 2.26. The highest BCUT2D eigenvalue weighted by Gasteiger charge is 2.06. The molecule has 0 radical (unpaired) electrons. The molecule has 0 aliphatic heterocycles. The minimum atomic E-state index is -0.449. The number of oxazole rings is 1. The Morgan fingerprint density at radius 1 is 1.44 bits per heavy atom. The minimum Gasteiger partial charge on any atom is -0.408 e. The first-order chi connectivity index (χ1) is 8.56. The van der Waals surface area contributed by atoms with Gasteiger partial charge in [0.15, 0.2) is 5.58 Å². The lowest BCUT2D eigenvalue weighted by atomic mass is 10.1. The van der Waals surface area contributed by atoms with Gasteiger partial charge in [0.1, 0.15) is 0 Å². The Morgan fingerprint density at radius 3 is 2.94 bits per heavy atom. The second-order valence-corrected chi connectivity index (χ2v) is 4.54. The zero-order valence-corrected chi connectivity index (χ0v) is 10.4. The molecule has 0 atom stereocenters. The fourth-order valence-corrected chi connectivity index (χ4v) is 1.68. The van der Waals surface area contributed by atoms with E-state index < -0.39 is 5.76 Å². The van der Waals surface area contributed by atoms with E-state index in [9.17, 15) is 9.59 Å². The number of benzene rings is 1. The fourth-order valence-electron chi connectivity index (χ4n) is 1.68. The number of carbonyl (C=O) groups is 1. The first-order valence-corrected chi connectivity index (χ1v) is 5.96. The van der Waals surface area contributed by atoms with Gasteiger partial charge >= 0.3 is 5.76 Å². The van der Waals surface area contributed by atoms with Crippen molar-refractivity contribution < 1.29 is 9.21 Å². The van der Waals surface area contributed by atoms with E-state index in [1.807, 2.05) is 26.0 Å². The third-order valence-electron chi connectivity index (χ3n) is 2.72. The molecular formula is C13H16N2O3. The summed E-state index contributed by atoms with van der Waals surface area (Å²) in [5.74, 6) is -0.408. The van der Waals surface area contributed by atoms with Crippen LogP contribution < -0.4 is 11.1 Å². The van der Waals surface area contributed by atoms with Crippen molar-refractivity contribution >= 4 is 17.0 Å². The summed E-state index contributed by atoms with van der Waals surface area (Å²) in [7, 11) is 0. The van der Waals surface area contributed by atoms with E-state index in [2.05, 4.69) is 10.3 Å². The molecule has 18 heavy (non-hydrogen) atoms. The predicted molar refractivity (Wildman–Crippen MR) is 68.4 cm³/mol. The van der Waals surface area contributed by atoms with Gasteiger partial charge in [-0.1, -0.05) is 19.9 Å². The number of hydrogen-bond acceptors (Lipinski definition) is 3. The van der Waals surface area contributed by atoms with Gasteiger partial charge < -0.3 is 9.73 Å². The molecule has 0 saturated heterocycles. The average Bonchev–Trinajstić information content (AvgIpc) is 2.68. The van der Waals surface area contributed by atoms with Crippen LogP contribution in [-0.4, -0.2) is 17.4 Å². The molecular weight excluding hydrogens is 232 g/mol. The molecule has 0 saturated carbocycles. The van der Waals surface area contributed by atoms with E-state index in [1.54, 1.807) is 6.07 Å². The van der Waals surface area contributed by atoms with Crippen LogP contribution in [0.15, 0.2) is 27.4 Å². The van der Waals surface area contributed by atoms with Gasteiger partial charge in [0, 0.05) is 12.5 Å². The van der Waals surface area contributed by atoms with Crippen LogP contribution in [-0.2, 0) is 11.2 Å². The molecule has 0 aliphatic carbocycles. The highest BCUT2D eigenvalue weighted by Crippen LogP contribution is 2.12. The quantitative estimate of drug-likeness (QED) is 0.859. The topological polar surface area (TPSA) is 75.1 Å². The van der Waals surface area contributed by atoms with Crippen molar-refractivity contribution in [2.75, 3.05) is 6.54 Å². The molecule has 0 aliphatic rings. The standard InChI is InChI=1S/C13H16N2O3/c1-8(2)12(16)14-6-5-9-3-4-10-11(7-9)18-13(17)15-10/h3-4,7-8H,5-6H2,1-2H3,(H,14,16)(H,15,17). The van der Waals surface area contributed by atoms with Gasteiger partial charge in [-0.3, -0.25) is 9.78 Å². The molecule has 0 bridgehead atoms. The van der Waals surface area contributed by atoms with E-state index >= 15 is 0 Å². The van der Waals surface area contributed by atoms with Crippen molar-refractivity contribution in [3.05, 3.63) is 34.3 Å². The summed E-state index contributed by atoms with van der Waals surface area (Å²) in [6, 6.07) is 5.53. The van der Waals surface area contributed by atoms with Crippen LogP contribution >= 0.6 is 0 Å². The molecule has 0 fully saturated rings. The summed E-state index contributed by atoms with van der Waals surface area (Å²) in [6.07, 6.45) is 0.712. The molecule has 2 aromatic rings. The Bertz CT molecular complexity index is 610. The molecule has 1 amide bonds. The number of H-pyrrole nitrogens is 1. The van der Waals surface area contributed by atoms with Crippen LogP contribution in [0.3, 0.4) is 0 Å². The lowest BCUT2D eigenvalue weighted by Crippen LogP contribution is -2.29. The van der Waals surface area contributed by atoms with E-state index in [0.29, 0.717) is 24.1 Å². The zero-order chi connectivity index (χ0) is 13.1. The maximum atomic E-state index is 11.4. The molecule has 96 valence electrons. The first-order valence-electron chi connectivity index (χ1n) is 5.96. The highest BCUT2D eigenvalue weighted by molar-refractivity contribution is 5.77. The molecule has 0 unspecified atom stereocenters. The molecule has 0 spiro atoms. The SMILES string of the molecule is CC(C)C(=O)NCCc1ccc2[nH]c(=O)oc2c1. The molecule has 1 heterocycles. The largest absolute Gasteiger partial charge is 0.417 e. The molecule has 1 aromatic carbocycles. The van der Waals surface area contributed by atoms with Crippen LogP contribution in [0.1, 0.15) is 19.4 Å². The molecule has 5 heteroatoms. The van der Waals surface area contributed by atoms with Crippen LogP contribution in [0, 0.1) is 5.92 Å². The highest BCUT2D eigenvalue weighted by atomic mass is 16.4. The second-order valence-electron chi connectivity index (χ2n) is 4.54. The lowest BCUT2D eigenvalue weighted by Gasteiger charge is -2.07. The van der Waals surface area contributed by atoms with Crippen molar-refractivity contribution in [2.45, 2.75) is 20.3 Å². The Hall–Kier alpha value is -2.04. The van der Waals surface area contributed by atoms with Crippen molar-refractivity contribution in [3.63, 3.8) is 0 Å². The Morgan fingerprint density at radius 2 is 2.22 bits per heavy atom. The molecule has 2 rings (SSSR count). The Balaban J connectivity index is 1.99. The third-order valence-corrected chi connectivity index (χ3v) is 2.72. The lowest BCUT2D eigenvalue weighted by molar-refractivity contribution is -0.123. The van der Waals surface area contributed by atoms with E-state index in [1.165, 1.54) is 0 Å². The van der Waals surface area contributed by atoms with Crippen LogP contribution in [0.5, 0.6) is 0 Å². The normalized spacial score (nSPS) is 11.1. The number of aromatic amines is 1. The van der Waals surface area contributed by atoms with Crippen molar-refractivity contribution in [1.29, 1.82) is 0 Å². The fraction of sp³-hybridized carbons (Fsp3) is 0.385. The Kier molecular flexibility index (Phi) is 3.50. The van der Waals surface area contributed by atoms with Crippen LogP contribution in [0.2, 0.25) is 0 Å². The summed E-state index contributed by atoms with van der Waals surface area (Å²) in [5, 5.41) is 2.84. The van der Waals surface area contributed by atoms with Crippen LogP contribution in [0.4, 0.5) is 0 Å².